The van der Waals surface area contributed by atoms with Crippen molar-refractivity contribution in [1.29, 1.82) is 0 Å². The minimum absolute atomic E-state index is 0.0636. The van der Waals surface area contributed by atoms with Crippen LogP contribution in [-0.2, 0) is 17.4 Å². The number of ether oxygens (including phenoxy) is 1. The van der Waals surface area contributed by atoms with Crippen molar-refractivity contribution in [2.45, 2.75) is 25.9 Å². The molecule has 3 rings (SSSR count). The van der Waals surface area contributed by atoms with Crippen LogP contribution in [-0.4, -0.2) is 32.9 Å². The molecule has 0 unspecified atom stereocenters. The Kier molecular flexibility index (Phi) is 5.87. The molecule has 0 saturated carbocycles. The van der Waals surface area contributed by atoms with E-state index in [1.807, 2.05) is 6.92 Å². The third kappa shape index (κ3) is 5.03. The van der Waals surface area contributed by atoms with E-state index >= 15 is 0 Å². The normalized spacial score (nSPS) is 11.4. The summed E-state index contributed by atoms with van der Waals surface area (Å²) in [6.07, 6.45) is -4.53. The Hall–Kier alpha value is -3.02. The molecule has 0 radical (unpaired) electrons. The SMILES string of the molecule is CCOc1ccc(-c2noc(CCC(=O)Nc3nnc(C(F)(F)F)s3)n2)cc1. The smallest absolute Gasteiger partial charge is 0.445 e. The Morgan fingerprint density at radius 1 is 1.25 bits per heavy atom. The van der Waals surface area contributed by atoms with Crippen LogP contribution >= 0.6 is 11.3 Å². The van der Waals surface area contributed by atoms with Gasteiger partial charge in [0.25, 0.3) is 0 Å². The summed E-state index contributed by atoms with van der Waals surface area (Å²) in [5, 5.41) is 11.1. The molecule has 12 heteroatoms. The van der Waals surface area contributed by atoms with Gasteiger partial charge < -0.3 is 14.6 Å². The van der Waals surface area contributed by atoms with Gasteiger partial charge >= 0.3 is 6.18 Å². The van der Waals surface area contributed by atoms with E-state index in [0.29, 0.717) is 12.4 Å². The number of anilines is 1. The van der Waals surface area contributed by atoms with Crippen LogP contribution in [0.4, 0.5) is 18.3 Å². The third-order valence-corrected chi connectivity index (χ3v) is 4.25. The average Bonchev–Trinajstić information content (AvgIpc) is 3.30. The van der Waals surface area contributed by atoms with Gasteiger partial charge in [0.2, 0.25) is 27.8 Å². The number of nitrogens with one attached hydrogen (secondary N) is 1. The van der Waals surface area contributed by atoms with Crippen LogP contribution in [0, 0.1) is 0 Å². The highest BCUT2D eigenvalue weighted by molar-refractivity contribution is 7.15. The highest BCUT2D eigenvalue weighted by Crippen LogP contribution is 2.33. The molecule has 1 aromatic carbocycles. The molecule has 1 amide bonds. The van der Waals surface area contributed by atoms with E-state index in [2.05, 4.69) is 25.7 Å². The number of benzene rings is 1. The highest BCUT2D eigenvalue weighted by Gasteiger charge is 2.35. The first-order chi connectivity index (χ1) is 13.3. The van der Waals surface area contributed by atoms with Crippen LogP contribution in [0.15, 0.2) is 28.8 Å². The molecular formula is C16H14F3N5O3S. The van der Waals surface area contributed by atoms with Crippen LogP contribution in [0.2, 0.25) is 0 Å². The lowest BCUT2D eigenvalue weighted by molar-refractivity contribution is -0.138. The van der Waals surface area contributed by atoms with Crippen molar-refractivity contribution in [2.75, 3.05) is 11.9 Å². The van der Waals surface area contributed by atoms with Crippen molar-refractivity contribution in [3.8, 4) is 17.1 Å². The number of carbonyl (C=O) groups is 1. The zero-order chi connectivity index (χ0) is 20.1. The van der Waals surface area contributed by atoms with Crippen molar-refractivity contribution in [1.82, 2.24) is 20.3 Å². The maximum atomic E-state index is 12.5. The van der Waals surface area contributed by atoms with Crippen molar-refractivity contribution in [3.63, 3.8) is 0 Å². The monoisotopic (exact) mass is 413 g/mol. The van der Waals surface area contributed by atoms with E-state index in [1.165, 1.54) is 0 Å². The van der Waals surface area contributed by atoms with Crippen LogP contribution in [0.25, 0.3) is 11.4 Å². The molecule has 28 heavy (non-hydrogen) atoms. The first-order valence-corrected chi connectivity index (χ1v) is 8.93. The van der Waals surface area contributed by atoms with Gasteiger partial charge in [0, 0.05) is 18.4 Å². The highest BCUT2D eigenvalue weighted by atomic mass is 32.1. The predicted molar refractivity (Wildman–Crippen MR) is 92.8 cm³/mol. The molecule has 1 N–H and O–H groups in total. The number of nitrogens with zero attached hydrogens (tertiary/aromatic N) is 4. The molecule has 2 heterocycles. The van der Waals surface area contributed by atoms with Gasteiger partial charge in [-0.15, -0.1) is 10.2 Å². The summed E-state index contributed by atoms with van der Waals surface area (Å²) in [6, 6.07) is 7.11. The van der Waals surface area contributed by atoms with E-state index in [4.69, 9.17) is 9.26 Å². The van der Waals surface area contributed by atoms with E-state index < -0.39 is 17.1 Å². The molecule has 3 aromatic rings. The second kappa shape index (κ2) is 8.33. The standard InChI is InChI=1S/C16H14F3N5O3S/c1-2-26-10-5-3-9(4-6-10)13-21-12(27-24-13)8-7-11(25)20-15-23-22-14(28-15)16(17,18)19/h3-6H,2,7-8H2,1H3,(H,20,23,25). The lowest BCUT2D eigenvalue weighted by Crippen LogP contribution is -2.12. The number of rotatable bonds is 7. The quantitative estimate of drug-likeness (QED) is 0.631. The second-order valence-electron chi connectivity index (χ2n) is 5.43. The summed E-state index contributed by atoms with van der Waals surface area (Å²) < 4.78 is 47.9. The zero-order valence-electron chi connectivity index (χ0n) is 14.5. The van der Waals surface area contributed by atoms with Gasteiger partial charge in [0.05, 0.1) is 6.61 Å². The fraction of sp³-hybridized carbons (Fsp3) is 0.312. The maximum absolute atomic E-state index is 12.5. The molecule has 148 valence electrons. The van der Waals surface area contributed by atoms with Crippen LogP contribution in [0.3, 0.4) is 0 Å². The molecule has 0 spiro atoms. The molecule has 0 atom stereocenters. The Morgan fingerprint density at radius 3 is 2.64 bits per heavy atom. The van der Waals surface area contributed by atoms with Crippen molar-refractivity contribution in [2.24, 2.45) is 0 Å². The fourth-order valence-electron chi connectivity index (χ4n) is 2.13. The molecule has 0 fully saturated rings. The first kappa shape index (κ1) is 19.7. The number of aryl methyl sites for hydroxylation is 1. The molecule has 0 bridgehead atoms. The third-order valence-electron chi connectivity index (χ3n) is 3.37. The summed E-state index contributed by atoms with van der Waals surface area (Å²) in [6.45, 7) is 2.44. The predicted octanol–water partition coefficient (Wildman–Crippen LogP) is 3.58. The largest absolute Gasteiger partial charge is 0.494 e. The number of hydrogen-bond donors (Lipinski definition) is 1. The zero-order valence-corrected chi connectivity index (χ0v) is 15.3. The summed E-state index contributed by atoms with van der Waals surface area (Å²) in [7, 11) is 0. The van der Waals surface area contributed by atoms with E-state index in [0.717, 1.165) is 11.3 Å². The minimum Gasteiger partial charge on any atom is -0.494 e. The van der Waals surface area contributed by atoms with Crippen LogP contribution in [0.1, 0.15) is 24.2 Å². The Bertz CT molecular complexity index is 940. The summed E-state index contributed by atoms with van der Waals surface area (Å²) >= 11 is 0.255. The van der Waals surface area contributed by atoms with Gasteiger partial charge in [0.15, 0.2) is 0 Å². The fourth-order valence-corrected chi connectivity index (χ4v) is 2.76. The van der Waals surface area contributed by atoms with Crippen molar-refractivity contribution >= 4 is 22.4 Å². The molecular weight excluding hydrogens is 399 g/mol. The van der Waals surface area contributed by atoms with Gasteiger partial charge in [0.1, 0.15) is 5.75 Å². The number of amides is 1. The van der Waals surface area contributed by atoms with Crippen LogP contribution in [0.5, 0.6) is 5.75 Å². The lowest BCUT2D eigenvalue weighted by Gasteiger charge is -2.02. The Labute approximate surface area is 160 Å². The van der Waals surface area contributed by atoms with E-state index in [9.17, 15) is 18.0 Å². The molecule has 2 aromatic heterocycles. The lowest BCUT2D eigenvalue weighted by atomic mass is 10.2. The van der Waals surface area contributed by atoms with E-state index in [-0.39, 0.29) is 35.2 Å². The Balaban J connectivity index is 1.54. The summed E-state index contributed by atoms with van der Waals surface area (Å²) in [4.78, 5) is 16.1. The van der Waals surface area contributed by atoms with Gasteiger partial charge in [-0.2, -0.15) is 18.2 Å². The van der Waals surface area contributed by atoms with Crippen molar-refractivity contribution in [3.05, 3.63) is 35.2 Å². The van der Waals surface area contributed by atoms with Crippen LogP contribution < -0.4 is 10.1 Å². The van der Waals surface area contributed by atoms with Gasteiger partial charge in [-0.05, 0) is 31.2 Å². The number of hydrogen-bond acceptors (Lipinski definition) is 8. The number of carbonyl (C=O) groups excluding carboxylic acids is 1. The maximum Gasteiger partial charge on any atom is 0.445 e. The molecule has 0 aliphatic heterocycles. The molecule has 0 saturated heterocycles. The van der Waals surface area contributed by atoms with Crippen molar-refractivity contribution < 1.29 is 27.2 Å². The van der Waals surface area contributed by atoms with E-state index in [1.54, 1.807) is 24.3 Å². The van der Waals surface area contributed by atoms with Gasteiger partial charge in [-0.25, -0.2) is 0 Å². The Morgan fingerprint density at radius 2 is 2.00 bits per heavy atom. The summed E-state index contributed by atoms with van der Waals surface area (Å²) in [5.74, 6) is 0.771. The number of aromatic nitrogens is 4. The molecule has 0 aliphatic carbocycles. The topological polar surface area (TPSA) is 103 Å². The van der Waals surface area contributed by atoms with Gasteiger partial charge in [-0.3, -0.25) is 4.79 Å². The molecule has 0 aliphatic rings. The number of halogens is 3. The van der Waals surface area contributed by atoms with Gasteiger partial charge in [-0.1, -0.05) is 16.5 Å². The first-order valence-electron chi connectivity index (χ1n) is 8.11. The minimum atomic E-state index is -4.60. The number of alkyl halides is 3. The second-order valence-corrected chi connectivity index (χ2v) is 6.40. The summed E-state index contributed by atoms with van der Waals surface area (Å²) in [5.41, 5.74) is 0.719. The average molecular weight is 413 g/mol. The molecule has 8 nitrogen and oxygen atoms in total.